The van der Waals surface area contributed by atoms with Crippen LogP contribution in [0.5, 0.6) is 0 Å². The molecule has 4 atom stereocenters. The Morgan fingerprint density at radius 1 is 1.23 bits per heavy atom. The van der Waals surface area contributed by atoms with E-state index in [1.165, 1.54) is 0 Å². The van der Waals surface area contributed by atoms with Crippen molar-refractivity contribution in [3.05, 3.63) is 0 Å². The number of cyclic esters (lactones) is 1. The van der Waals surface area contributed by atoms with Crippen molar-refractivity contribution < 1.29 is 34.8 Å². The second-order valence-electron chi connectivity index (χ2n) is 5.92. The fourth-order valence-corrected chi connectivity index (χ4v) is 2.41. The predicted molar refractivity (Wildman–Crippen MR) is 127 cm³/mol. The Bertz CT molecular complexity index is 359. The summed E-state index contributed by atoms with van der Waals surface area (Å²) >= 11 is 4.24. The summed E-state index contributed by atoms with van der Waals surface area (Å²) in [5.41, 5.74) is 0. The lowest BCUT2D eigenvalue weighted by molar-refractivity contribution is -0.160. The number of carboxylic acid groups (broad SMARTS) is 1. The van der Waals surface area contributed by atoms with Gasteiger partial charge in [-0.15, -0.1) is 24.0 Å². The molecule has 1 saturated heterocycles. The molecule has 2 unspecified atom stereocenters. The van der Waals surface area contributed by atoms with Crippen LogP contribution >= 0.6 is 61.2 Å². The molecule has 10 heteroatoms. The molecule has 26 heavy (non-hydrogen) atoms. The van der Waals surface area contributed by atoms with Crippen molar-refractivity contribution in [1.29, 1.82) is 0 Å². The number of hydrogen-bond acceptors (Lipinski definition) is 6. The van der Waals surface area contributed by atoms with Gasteiger partial charge in [0.25, 0.3) is 0 Å². The second kappa shape index (κ2) is 20.7. The molecule has 0 amide bonds. The highest BCUT2D eigenvalue weighted by atomic mass is 128. The van der Waals surface area contributed by atoms with E-state index in [-0.39, 0.29) is 55.3 Å². The van der Waals surface area contributed by atoms with Crippen molar-refractivity contribution in [2.45, 2.75) is 89.6 Å². The van der Waals surface area contributed by atoms with E-state index in [0.29, 0.717) is 12.8 Å². The molecule has 7 nitrogen and oxygen atoms in total. The van der Waals surface area contributed by atoms with Gasteiger partial charge in [-0.3, -0.25) is 9.59 Å². The molecular formula is C16H31I3O7. The fourth-order valence-electron chi connectivity index (χ4n) is 2.41. The van der Waals surface area contributed by atoms with Crippen molar-refractivity contribution >= 4 is 73.1 Å². The van der Waals surface area contributed by atoms with Crippen molar-refractivity contribution in [3.63, 3.8) is 0 Å². The van der Waals surface area contributed by atoms with E-state index < -0.39 is 24.3 Å². The van der Waals surface area contributed by atoms with Gasteiger partial charge < -0.3 is 25.2 Å². The molecule has 0 aromatic rings. The molecule has 1 rings (SSSR count). The molecule has 0 saturated carbocycles. The van der Waals surface area contributed by atoms with E-state index >= 15 is 0 Å². The second-order valence-corrected chi connectivity index (χ2v) is 5.92. The summed E-state index contributed by atoms with van der Waals surface area (Å²) in [5.74, 6) is -1.30. The normalized spacial score (nSPS) is 20.8. The van der Waals surface area contributed by atoms with Gasteiger partial charge in [-0.1, -0.05) is 26.7 Å². The lowest BCUT2D eigenvalue weighted by Gasteiger charge is -2.25. The number of hydrogen-bond donors (Lipinski definition) is 4. The standard InChI is InChI=1S/C8H16O4.C8H14O3.I2.HI/c1-2-3-6(9)4-7(10)5-8(11)12;1-2-3-7-4-6(9)5-8(10)11-7;1-2;/h6-7,9-10H,2-5H2,1H3,(H,11,12);6-7,9H,2-5H2,1H3;;1H/t6?,7-;6-,7?;;/m11../s1. The zero-order valence-electron chi connectivity index (χ0n) is 15.1. The van der Waals surface area contributed by atoms with Gasteiger partial charge in [0.15, 0.2) is 0 Å². The van der Waals surface area contributed by atoms with E-state index in [1.807, 2.05) is 13.8 Å². The van der Waals surface area contributed by atoms with Crippen LogP contribution in [-0.4, -0.2) is 56.8 Å². The monoisotopic (exact) mass is 716 g/mol. The van der Waals surface area contributed by atoms with Gasteiger partial charge >= 0.3 is 11.9 Å². The molecule has 0 aromatic carbocycles. The van der Waals surface area contributed by atoms with E-state index in [2.05, 4.69) is 37.2 Å². The Hall–Kier alpha value is 1.01. The zero-order chi connectivity index (χ0) is 19.8. The largest absolute Gasteiger partial charge is 0.481 e. The van der Waals surface area contributed by atoms with Crippen LogP contribution in [0.15, 0.2) is 0 Å². The van der Waals surface area contributed by atoms with E-state index in [0.717, 1.165) is 19.3 Å². The SMILES string of the molecule is CCCC(O)C[C@@H](O)CC(=O)O.CCCC1C[C@@H](O)CC(=O)O1.I.II. The summed E-state index contributed by atoms with van der Waals surface area (Å²) in [5, 5.41) is 35.7. The van der Waals surface area contributed by atoms with Crippen LogP contribution in [-0.2, 0) is 14.3 Å². The molecule has 0 aliphatic carbocycles. The first-order valence-corrected chi connectivity index (χ1v) is 14.7. The van der Waals surface area contributed by atoms with Crippen LogP contribution < -0.4 is 0 Å². The Labute approximate surface area is 196 Å². The molecule has 1 heterocycles. The van der Waals surface area contributed by atoms with Gasteiger partial charge in [-0.2, -0.15) is 0 Å². The van der Waals surface area contributed by atoms with Gasteiger partial charge in [-0.05, 0) is 19.3 Å². The lowest BCUT2D eigenvalue weighted by Crippen LogP contribution is -2.32. The zero-order valence-corrected chi connectivity index (χ0v) is 21.8. The molecule has 1 aliphatic rings. The minimum Gasteiger partial charge on any atom is -0.481 e. The van der Waals surface area contributed by atoms with Crippen LogP contribution in [0.1, 0.15) is 65.2 Å². The average Bonchev–Trinajstić information content (AvgIpc) is 2.48. The summed E-state index contributed by atoms with van der Waals surface area (Å²) in [4.78, 5) is 20.9. The summed E-state index contributed by atoms with van der Waals surface area (Å²) in [6.45, 7) is 3.96. The van der Waals surface area contributed by atoms with Gasteiger partial charge in [0.1, 0.15) is 6.10 Å². The van der Waals surface area contributed by atoms with E-state index in [9.17, 15) is 19.8 Å². The van der Waals surface area contributed by atoms with Crippen molar-refractivity contribution in [1.82, 2.24) is 0 Å². The molecule has 0 aromatic heterocycles. The third-order valence-corrected chi connectivity index (χ3v) is 3.42. The topological polar surface area (TPSA) is 124 Å². The average molecular weight is 716 g/mol. The molecule has 0 radical (unpaired) electrons. The number of carbonyl (C=O) groups is 2. The maximum absolute atomic E-state index is 10.8. The number of esters is 1. The minimum absolute atomic E-state index is 0. The minimum atomic E-state index is -1.04. The van der Waals surface area contributed by atoms with Crippen LogP contribution in [0.3, 0.4) is 0 Å². The van der Waals surface area contributed by atoms with Gasteiger partial charge in [0, 0.05) is 43.7 Å². The van der Waals surface area contributed by atoms with Crippen LogP contribution in [0.25, 0.3) is 0 Å². The number of ether oxygens (including phenoxy) is 1. The molecule has 0 bridgehead atoms. The Morgan fingerprint density at radius 2 is 1.81 bits per heavy atom. The van der Waals surface area contributed by atoms with Crippen LogP contribution in [0.4, 0.5) is 0 Å². The summed E-state index contributed by atoms with van der Waals surface area (Å²) < 4.78 is 5.00. The molecule has 1 fully saturated rings. The van der Waals surface area contributed by atoms with E-state index in [4.69, 9.17) is 14.9 Å². The first kappa shape index (κ1) is 31.7. The molecule has 0 spiro atoms. The Balaban J connectivity index is -0.000000359. The molecular weight excluding hydrogens is 685 g/mol. The van der Waals surface area contributed by atoms with Crippen molar-refractivity contribution in [2.24, 2.45) is 0 Å². The third-order valence-electron chi connectivity index (χ3n) is 3.42. The van der Waals surface area contributed by atoms with Crippen molar-refractivity contribution in [2.75, 3.05) is 0 Å². The Kier molecular flexibility index (Phi) is 25.3. The maximum Gasteiger partial charge on any atom is 0.308 e. The fraction of sp³-hybridized carbons (Fsp3) is 0.875. The molecule has 158 valence electrons. The highest BCUT2D eigenvalue weighted by Gasteiger charge is 2.26. The van der Waals surface area contributed by atoms with Crippen LogP contribution in [0, 0.1) is 0 Å². The van der Waals surface area contributed by atoms with Gasteiger partial charge in [0.05, 0.1) is 31.2 Å². The number of carbonyl (C=O) groups excluding carboxylic acids is 1. The smallest absolute Gasteiger partial charge is 0.308 e. The third kappa shape index (κ3) is 19.8. The highest BCUT2D eigenvalue weighted by Crippen LogP contribution is 2.18. The Morgan fingerprint density at radius 3 is 2.23 bits per heavy atom. The summed E-state index contributed by atoms with van der Waals surface area (Å²) in [6, 6.07) is 0. The number of aliphatic hydroxyl groups is 3. The van der Waals surface area contributed by atoms with Crippen molar-refractivity contribution in [3.8, 4) is 0 Å². The predicted octanol–water partition coefficient (Wildman–Crippen LogP) is 3.62. The van der Waals surface area contributed by atoms with E-state index in [1.54, 1.807) is 0 Å². The molecule has 4 N–H and O–H groups in total. The lowest BCUT2D eigenvalue weighted by atomic mass is 10.0. The number of aliphatic hydroxyl groups excluding tert-OH is 3. The summed E-state index contributed by atoms with van der Waals surface area (Å²) in [7, 11) is 0. The quantitative estimate of drug-likeness (QED) is 0.224. The summed E-state index contributed by atoms with van der Waals surface area (Å²) in [6.07, 6.45) is 1.91. The number of aliphatic carboxylic acids is 1. The molecule has 1 aliphatic heterocycles. The number of rotatable bonds is 8. The first-order chi connectivity index (χ1) is 11.8. The number of carboxylic acids is 1. The van der Waals surface area contributed by atoms with Gasteiger partial charge in [-0.25, -0.2) is 0 Å². The first-order valence-electron chi connectivity index (χ1n) is 8.38. The maximum atomic E-state index is 10.8. The van der Waals surface area contributed by atoms with Crippen LogP contribution in [0.2, 0.25) is 0 Å². The van der Waals surface area contributed by atoms with Gasteiger partial charge in [0.2, 0.25) is 0 Å². The number of halogens is 3. The highest BCUT2D eigenvalue weighted by molar-refractivity contribution is 15.0.